The van der Waals surface area contributed by atoms with Crippen molar-refractivity contribution in [1.82, 2.24) is 10.2 Å². The molecule has 0 bridgehead atoms. The van der Waals surface area contributed by atoms with Crippen LogP contribution in [0.3, 0.4) is 0 Å². The number of thiocarbonyl (C=S) groups is 1. The second kappa shape index (κ2) is 4.86. The molecule has 0 aromatic heterocycles. The van der Waals surface area contributed by atoms with E-state index in [4.69, 9.17) is 12.2 Å². The minimum atomic E-state index is 0.381. The summed E-state index contributed by atoms with van der Waals surface area (Å²) in [4.78, 5) is 2.25. The van der Waals surface area contributed by atoms with Gasteiger partial charge in [0.15, 0.2) is 5.11 Å². The van der Waals surface area contributed by atoms with E-state index >= 15 is 0 Å². The molecule has 15 heavy (non-hydrogen) atoms. The molecule has 4 heteroatoms. The van der Waals surface area contributed by atoms with Gasteiger partial charge in [-0.3, -0.25) is 0 Å². The van der Waals surface area contributed by atoms with Crippen molar-refractivity contribution in [1.29, 1.82) is 0 Å². The molecule has 1 N–H and O–H groups in total. The van der Waals surface area contributed by atoms with Gasteiger partial charge in [0, 0.05) is 19.3 Å². The van der Waals surface area contributed by atoms with E-state index in [1.165, 1.54) is 5.56 Å². The van der Waals surface area contributed by atoms with Gasteiger partial charge in [0.1, 0.15) is 5.37 Å². The van der Waals surface area contributed by atoms with Gasteiger partial charge in [-0.25, -0.2) is 0 Å². The lowest BCUT2D eigenvalue weighted by Crippen LogP contribution is -2.37. The molecule has 0 aliphatic carbocycles. The van der Waals surface area contributed by atoms with Crippen molar-refractivity contribution < 1.29 is 0 Å². The molecule has 1 aromatic rings. The molecule has 1 unspecified atom stereocenters. The van der Waals surface area contributed by atoms with E-state index < -0.39 is 0 Å². The highest BCUT2D eigenvalue weighted by molar-refractivity contribution is 7.99. The van der Waals surface area contributed by atoms with Gasteiger partial charge in [0.25, 0.3) is 0 Å². The fourth-order valence-corrected chi connectivity index (χ4v) is 3.24. The van der Waals surface area contributed by atoms with E-state index in [-0.39, 0.29) is 0 Å². The molecule has 1 atom stereocenters. The van der Waals surface area contributed by atoms with E-state index in [0.29, 0.717) is 5.37 Å². The molecule has 2 nitrogen and oxygen atoms in total. The van der Waals surface area contributed by atoms with Gasteiger partial charge in [0.2, 0.25) is 0 Å². The van der Waals surface area contributed by atoms with E-state index in [1.54, 1.807) is 0 Å². The van der Waals surface area contributed by atoms with E-state index in [2.05, 4.69) is 34.5 Å². The third-order valence-electron chi connectivity index (χ3n) is 2.45. The maximum Gasteiger partial charge on any atom is 0.169 e. The first kappa shape index (κ1) is 10.8. The third-order valence-corrected chi connectivity index (χ3v) is 4.15. The van der Waals surface area contributed by atoms with Crippen LogP contribution in [-0.2, 0) is 0 Å². The average Bonchev–Trinajstić information content (AvgIpc) is 2.78. The normalized spacial score (nSPS) is 20.3. The predicted molar refractivity (Wildman–Crippen MR) is 70.0 cm³/mol. The highest BCUT2D eigenvalue weighted by Gasteiger charge is 2.27. The molecule has 80 valence electrons. The van der Waals surface area contributed by atoms with Crippen LogP contribution >= 0.6 is 24.0 Å². The van der Waals surface area contributed by atoms with Gasteiger partial charge in [0.05, 0.1) is 0 Å². The first-order valence-corrected chi connectivity index (χ1v) is 6.43. The van der Waals surface area contributed by atoms with Crippen LogP contribution < -0.4 is 5.32 Å². The molecule has 0 radical (unpaired) electrons. The van der Waals surface area contributed by atoms with E-state index in [1.807, 2.05) is 24.9 Å². The van der Waals surface area contributed by atoms with Gasteiger partial charge < -0.3 is 10.2 Å². The third kappa shape index (κ3) is 2.26. The van der Waals surface area contributed by atoms with Crippen LogP contribution in [-0.4, -0.2) is 29.4 Å². The Morgan fingerprint density at radius 2 is 2.20 bits per heavy atom. The standard InChI is InChI=1S/C11H14N2S2/c1-12-11(14)13-7-8-15-10(13)9-5-3-2-4-6-9/h2-6,10H,7-8H2,1H3,(H,12,14). The number of hydrogen-bond donors (Lipinski definition) is 1. The minimum Gasteiger partial charge on any atom is -0.366 e. The molecule has 1 aliphatic rings. The minimum absolute atomic E-state index is 0.381. The first-order valence-electron chi connectivity index (χ1n) is 4.98. The zero-order valence-corrected chi connectivity index (χ0v) is 10.3. The van der Waals surface area contributed by atoms with Gasteiger partial charge >= 0.3 is 0 Å². The predicted octanol–water partition coefficient (Wildman–Crippen LogP) is 2.24. The lowest BCUT2D eigenvalue weighted by molar-refractivity contribution is 0.446. The summed E-state index contributed by atoms with van der Waals surface area (Å²) in [6, 6.07) is 10.5. The zero-order valence-electron chi connectivity index (χ0n) is 8.64. The van der Waals surface area contributed by atoms with Crippen LogP contribution in [0.15, 0.2) is 30.3 Å². The Hall–Kier alpha value is -0.740. The molecule has 1 fully saturated rings. The van der Waals surface area contributed by atoms with Crippen LogP contribution in [0.25, 0.3) is 0 Å². The Morgan fingerprint density at radius 1 is 1.47 bits per heavy atom. The smallest absolute Gasteiger partial charge is 0.169 e. The molecule has 1 aliphatic heterocycles. The van der Waals surface area contributed by atoms with Gasteiger partial charge in [-0.2, -0.15) is 0 Å². The van der Waals surface area contributed by atoms with Crippen molar-refractivity contribution in [3.05, 3.63) is 35.9 Å². The van der Waals surface area contributed by atoms with Crippen molar-refractivity contribution in [3.63, 3.8) is 0 Å². The summed E-state index contributed by atoms with van der Waals surface area (Å²) in [7, 11) is 1.88. The maximum absolute atomic E-state index is 5.29. The summed E-state index contributed by atoms with van der Waals surface area (Å²) in [6.45, 7) is 1.03. The molecule has 1 heterocycles. The highest BCUT2D eigenvalue weighted by atomic mass is 32.2. The van der Waals surface area contributed by atoms with Crippen molar-refractivity contribution in [3.8, 4) is 0 Å². The van der Waals surface area contributed by atoms with Crippen LogP contribution in [0.4, 0.5) is 0 Å². The van der Waals surface area contributed by atoms with Gasteiger partial charge in [-0.15, -0.1) is 11.8 Å². The number of nitrogens with zero attached hydrogens (tertiary/aromatic N) is 1. The Morgan fingerprint density at radius 3 is 2.87 bits per heavy atom. The Kier molecular flexibility index (Phi) is 3.49. The van der Waals surface area contributed by atoms with Crippen molar-refractivity contribution in [2.45, 2.75) is 5.37 Å². The second-order valence-corrected chi connectivity index (χ2v) is 4.96. The largest absolute Gasteiger partial charge is 0.366 e. The highest BCUT2D eigenvalue weighted by Crippen LogP contribution is 2.37. The summed E-state index contributed by atoms with van der Waals surface area (Å²) < 4.78 is 0. The molecule has 1 aromatic carbocycles. The zero-order chi connectivity index (χ0) is 10.7. The number of hydrogen-bond acceptors (Lipinski definition) is 2. The lowest BCUT2D eigenvalue weighted by atomic mass is 10.2. The summed E-state index contributed by atoms with van der Waals surface area (Å²) in [5, 5.41) is 4.27. The lowest BCUT2D eigenvalue weighted by Gasteiger charge is -2.25. The quantitative estimate of drug-likeness (QED) is 0.754. The van der Waals surface area contributed by atoms with E-state index in [9.17, 15) is 0 Å². The summed E-state index contributed by atoms with van der Waals surface area (Å²) in [5.41, 5.74) is 1.33. The number of thioether (sulfide) groups is 1. The number of rotatable bonds is 1. The Balaban J connectivity index is 2.18. The maximum atomic E-state index is 5.29. The Labute approximate surface area is 100 Å². The molecule has 0 spiro atoms. The monoisotopic (exact) mass is 238 g/mol. The van der Waals surface area contributed by atoms with Crippen LogP contribution in [0.2, 0.25) is 0 Å². The molecule has 2 rings (SSSR count). The molecular formula is C11H14N2S2. The average molecular weight is 238 g/mol. The van der Waals surface area contributed by atoms with Crippen LogP contribution in [0, 0.1) is 0 Å². The van der Waals surface area contributed by atoms with Gasteiger partial charge in [-0.1, -0.05) is 30.3 Å². The summed E-state index contributed by atoms with van der Waals surface area (Å²) >= 11 is 7.24. The molecule has 1 saturated heterocycles. The van der Waals surface area contributed by atoms with Crippen molar-refractivity contribution in [2.24, 2.45) is 0 Å². The van der Waals surface area contributed by atoms with Gasteiger partial charge in [-0.05, 0) is 17.8 Å². The summed E-state index contributed by atoms with van der Waals surface area (Å²) in [6.07, 6.45) is 0. The second-order valence-electron chi connectivity index (χ2n) is 3.38. The van der Waals surface area contributed by atoms with Crippen molar-refractivity contribution in [2.75, 3.05) is 19.3 Å². The molecule has 0 saturated carbocycles. The summed E-state index contributed by atoms with van der Waals surface area (Å²) in [5.74, 6) is 1.14. The molecule has 0 amide bonds. The number of benzene rings is 1. The topological polar surface area (TPSA) is 15.3 Å². The van der Waals surface area contributed by atoms with Crippen molar-refractivity contribution >= 4 is 29.1 Å². The van der Waals surface area contributed by atoms with E-state index in [0.717, 1.165) is 17.4 Å². The number of nitrogens with one attached hydrogen (secondary N) is 1. The molecular weight excluding hydrogens is 224 g/mol. The fraction of sp³-hybridized carbons (Fsp3) is 0.364. The van der Waals surface area contributed by atoms with Crippen LogP contribution in [0.1, 0.15) is 10.9 Å². The van der Waals surface area contributed by atoms with Crippen LogP contribution in [0.5, 0.6) is 0 Å². The Bertz CT molecular complexity index is 340. The fourth-order valence-electron chi connectivity index (χ4n) is 1.72. The SMILES string of the molecule is CNC(=S)N1CCSC1c1ccccc1. The first-order chi connectivity index (χ1) is 7.33.